The quantitative estimate of drug-likeness (QED) is 0.467. The van der Waals surface area contributed by atoms with Crippen molar-refractivity contribution in [2.45, 2.75) is 33.2 Å². The summed E-state index contributed by atoms with van der Waals surface area (Å²) in [5.74, 6) is 1.50. The van der Waals surface area contributed by atoms with Gasteiger partial charge in [-0.05, 0) is 37.6 Å². The van der Waals surface area contributed by atoms with E-state index in [-0.39, 0.29) is 24.0 Å². The van der Waals surface area contributed by atoms with Crippen molar-refractivity contribution in [3.8, 4) is 0 Å². The minimum atomic E-state index is 0. The Labute approximate surface area is 131 Å². The third-order valence-electron chi connectivity index (χ3n) is 2.40. The highest BCUT2D eigenvalue weighted by atomic mass is 127. The van der Waals surface area contributed by atoms with E-state index in [9.17, 15) is 0 Å². The van der Waals surface area contributed by atoms with Gasteiger partial charge in [0.2, 0.25) is 0 Å². The molecule has 0 radical (unpaired) electrons. The van der Waals surface area contributed by atoms with E-state index in [1.165, 1.54) is 4.88 Å². The molecule has 0 spiro atoms. The van der Waals surface area contributed by atoms with Crippen LogP contribution in [-0.2, 0) is 6.42 Å². The van der Waals surface area contributed by atoms with Gasteiger partial charge in [-0.25, -0.2) is 0 Å². The second-order valence-corrected chi connectivity index (χ2v) is 5.67. The fourth-order valence-corrected chi connectivity index (χ4v) is 2.45. The molecule has 3 nitrogen and oxygen atoms in total. The molecule has 18 heavy (non-hydrogen) atoms. The normalized spacial score (nSPS) is 13.1. The van der Waals surface area contributed by atoms with Crippen LogP contribution in [0, 0.1) is 5.92 Å². The molecule has 0 aliphatic heterocycles. The number of guanidine groups is 1. The van der Waals surface area contributed by atoms with Gasteiger partial charge in [-0.15, -0.1) is 35.3 Å². The lowest BCUT2D eigenvalue weighted by Gasteiger charge is -2.17. The lowest BCUT2D eigenvalue weighted by Crippen LogP contribution is -2.42. The molecule has 1 aromatic rings. The molecule has 1 heterocycles. The van der Waals surface area contributed by atoms with Crippen LogP contribution in [-0.4, -0.2) is 25.6 Å². The Kier molecular flexibility index (Phi) is 9.45. The summed E-state index contributed by atoms with van der Waals surface area (Å²) in [5.41, 5.74) is 0. The topological polar surface area (TPSA) is 36.4 Å². The van der Waals surface area contributed by atoms with Crippen LogP contribution in [0.25, 0.3) is 0 Å². The summed E-state index contributed by atoms with van der Waals surface area (Å²) in [5, 5.41) is 8.78. The van der Waals surface area contributed by atoms with Crippen LogP contribution >= 0.6 is 35.3 Å². The first-order valence-electron chi connectivity index (χ1n) is 6.11. The lowest BCUT2D eigenvalue weighted by molar-refractivity contribution is 0.558. The molecule has 0 fully saturated rings. The largest absolute Gasteiger partial charge is 0.356 e. The highest BCUT2D eigenvalue weighted by molar-refractivity contribution is 14.0. The Bertz CT molecular complexity index is 336. The van der Waals surface area contributed by atoms with Crippen LogP contribution in [0.3, 0.4) is 0 Å². The number of halogens is 1. The Hall–Kier alpha value is -0.300. The second kappa shape index (κ2) is 9.61. The summed E-state index contributed by atoms with van der Waals surface area (Å²) >= 11 is 1.83. The number of rotatable bonds is 5. The van der Waals surface area contributed by atoms with Crippen molar-refractivity contribution in [3.63, 3.8) is 0 Å². The van der Waals surface area contributed by atoms with E-state index in [2.05, 4.69) is 53.9 Å². The Balaban J connectivity index is 0.00000289. The molecule has 5 heteroatoms. The number of hydrogen-bond acceptors (Lipinski definition) is 2. The van der Waals surface area contributed by atoms with Crippen molar-refractivity contribution < 1.29 is 0 Å². The first-order valence-corrected chi connectivity index (χ1v) is 6.99. The summed E-state index contributed by atoms with van der Waals surface area (Å²) in [4.78, 5) is 5.64. The predicted octanol–water partition coefficient (Wildman–Crippen LogP) is 3.12. The second-order valence-electron chi connectivity index (χ2n) is 4.64. The summed E-state index contributed by atoms with van der Waals surface area (Å²) in [6.07, 6.45) is 1.13. The van der Waals surface area contributed by atoms with Crippen molar-refractivity contribution >= 4 is 41.3 Å². The van der Waals surface area contributed by atoms with Gasteiger partial charge in [-0.2, -0.15) is 0 Å². The van der Waals surface area contributed by atoms with Crippen LogP contribution in [0.2, 0.25) is 0 Å². The summed E-state index contributed by atoms with van der Waals surface area (Å²) < 4.78 is 0. The molecule has 1 aromatic heterocycles. The Morgan fingerprint density at radius 1 is 1.39 bits per heavy atom. The van der Waals surface area contributed by atoms with E-state index in [1.807, 2.05) is 18.4 Å². The number of hydrogen-bond donors (Lipinski definition) is 2. The van der Waals surface area contributed by atoms with Crippen LogP contribution in [0.1, 0.15) is 25.6 Å². The van der Waals surface area contributed by atoms with Gasteiger partial charge in [-0.1, -0.05) is 13.0 Å². The monoisotopic (exact) mass is 381 g/mol. The minimum absolute atomic E-state index is 0. The molecule has 0 saturated carbocycles. The van der Waals surface area contributed by atoms with Crippen LogP contribution in [0.5, 0.6) is 0 Å². The molecule has 0 amide bonds. The van der Waals surface area contributed by atoms with E-state index in [1.54, 1.807) is 0 Å². The fourth-order valence-electron chi connectivity index (χ4n) is 1.58. The van der Waals surface area contributed by atoms with Crippen molar-refractivity contribution in [3.05, 3.63) is 22.4 Å². The van der Waals surface area contributed by atoms with Gasteiger partial charge in [0, 0.05) is 24.5 Å². The van der Waals surface area contributed by atoms with E-state index < -0.39 is 0 Å². The van der Waals surface area contributed by atoms with Crippen molar-refractivity contribution in [1.29, 1.82) is 0 Å². The van der Waals surface area contributed by atoms with Crippen molar-refractivity contribution in [1.82, 2.24) is 10.6 Å². The zero-order valence-corrected chi connectivity index (χ0v) is 14.7. The van der Waals surface area contributed by atoms with Crippen molar-refractivity contribution in [2.75, 3.05) is 13.6 Å². The molecule has 2 N–H and O–H groups in total. The fraction of sp³-hybridized carbons (Fsp3) is 0.615. The molecule has 1 rings (SSSR count). The molecule has 1 atom stereocenters. The summed E-state index contributed by atoms with van der Waals surface area (Å²) in [7, 11) is 1.81. The first-order chi connectivity index (χ1) is 8.11. The minimum Gasteiger partial charge on any atom is -0.356 e. The molecule has 1 unspecified atom stereocenters. The van der Waals surface area contributed by atoms with Gasteiger partial charge >= 0.3 is 0 Å². The number of nitrogens with one attached hydrogen (secondary N) is 2. The van der Waals surface area contributed by atoms with E-state index in [4.69, 9.17) is 0 Å². The van der Waals surface area contributed by atoms with E-state index >= 15 is 0 Å². The van der Waals surface area contributed by atoms with Gasteiger partial charge < -0.3 is 10.6 Å². The predicted molar refractivity (Wildman–Crippen MR) is 92.2 cm³/mol. The van der Waals surface area contributed by atoms with Gasteiger partial charge in [0.25, 0.3) is 0 Å². The average Bonchev–Trinajstić information content (AvgIpc) is 2.76. The van der Waals surface area contributed by atoms with Crippen LogP contribution < -0.4 is 10.6 Å². The zero-order chi connectivity index (χ0) is 12.7. The highest BCUT2D eigenvalue weighted by Crippen LogP contribution is 2.13. The molecule has 0 bridgehead atoms. The van der Waals surface area contributed by atoms with E-state index in [0.717, 1.165) is 18.9 Å². The maximum atomic E-state index is 4.19. The maximum absolute atomic E-state index is 4.19. The van der Waals surface area contributed by atoms with Crippen LogP contribution in [0.15, 0.2) is 22.5 Å². The standard InChI is InChI=1S/C13H23N3S.HI/c1-10(2)16-13(14-4)15-9-11(3)8-12-6-5-7-17-12;/h5-7,10-11H,8-9H2,1-4H3,(H2,14,15,16);1H. The number of thiophene rings is 1. The Morgan fingerprint density at radius 3 is 2.61 bits per heavy atom. The molecule has 104 valence electrons. The van der Waals surface area contributed by atoms with E-state index in [0.29, 0.717) is 12.0 Å². The molecule has 0 aliphatic rings. The molecule has 0 saturated heterocycles. The summed E-state index contributed by atoms with van der Waals surface area (Å²) in [6, 6.07) is 4.72. The Morgan fingerprint density at radius 2 is 2.11 bits per heavy atom. The highest BCUT2D eigenvalue weighted by Gasteiger charge is 2.06. The third kappa shape index (κ3) is 7.20. The zero-order valence-electron chi connectivity index (χ0n) is 11.6. The molecule has 0 aromatic carbocycles. The average molecular weight is 381 g/mol. The molecular weight excluding hydrogens is 357 g/mol. The molecule has 0 aliphatic carbocycles. The maximum Gasteiger partial charge on any atom is 0.191 e. The first kappa shape index (κ1) is 17.7. The lowest BCUT2D eigenvalue weighted by atomic mass is 10.1. The number of aliphatic imine (C=N–C) groups is 1. The SMILES string of the molecule is CN=C(NCC(C)Cc1cccs1)NC(C)C.I. The van der Waals surface area contributed by atoms with Gasteiger partial charge in [0.05, 0.1) is 0 Å². The molecular formula is C13H24IN3S. The van der Waals surface area contributed by atoms with Gasteiger partial charge in [-0.3, -0.25) is 4.99 Å². The van der Waals surface area contributed by atoms with Crippen LogP contribution in [0.4, 0.5) is 0 Å². The van der Waals surface area contributed by atoms with Crippen molar-refractivity contribution in [2.24, 2.45) is 10.9 Å². The van der Waals surface area contributed by atoms with Gasteiger partial charge in [0.15, 0.2) is 5.96 Å². The number of nitrogens with zero attached hydrogens (tertiary/aromatic N) is 1. The summed E-state index contributed by atoms with van der Waals surface area (Å²) in [6.45, 7) is 7.43. The van der Waals surface area contributed by atoms with Gasteiger partial charge in [0.1, 0.15) is 0 Å². The smallest absolute Gasteiger partial charge is 0.191 e. The third-order valence-corrected chi connectivity index (χ3v) is 3.30.